The van der Waals surface area contributed by atoms with Crippen LogP contribution in [-0.2, 0) is 21.3 Å². The average molecular weight is 411 g/mol. The van der Waals surface area contributed by atoms with Gasteiger partial charge in [-0.3, -0.25) is 14.8 Å². The molecule has 7 nitrogen and oxygen atoms in total. The number of rotatable bonds is 8. The molecule has 1 atom stereocenters. The van der Waals surface area contributed by atoms with Crippen molar-refractivity contribution in [1.29, 1.82) is 0 Å². The molecule has 2 saturated heterocycles. The van der Waals surface area contributed by atoms with E-state index in [1.165, 1.54) is 11.8 Å². The first kappa shape index (κ1) is 21.6. The van der Waals surface area contributed by atoms with Crippen LogP contribution in [0.15, 0.2) is 18.3 Å². The number of aromatic nitrogens is 1. The number of hydrogen-bond donors (Lipinski definition) is 0. The lowest BCUT2D eigenvalue weighted by atomic mass is 10.0. The van der Waals surface area contributed by atoms with E-state index >= 15 is 0 Å². The van der Waals surface area contributed by atoms with E-state index in [4.69, 9.17) is 4.74 Å². The van der Waals surface area contributed by atoms with Crippen LogP contribution in [-0.4, -0.2) is 92.3 Å². The van der Waals surface area contributed by atoms with Gasteiger partial charge in [-0.15, -0.1) is 0 Å². The minimum absolute atomic E-state index is 0.295. The second-order valence-corrected chi connectivity index (χ2v) is 10.2. The number of pyridine rings is 1. The molecule has 0 N–H and O–H groups in total. The number of hydrogen-bond acceptors (Lipinski definition) is 6. The molecule has 0 amide bonds. The van der Waals surface area contributed by atoms with Crippen LogP contribution in [0.2, 0.25) is 0 Å². The van der Waals surface area contributed by atoms with E-state index in [0.717, 1.165) is 57.8 Å². The average Bonchev–Trinajstić information content (AvgIpc) is 3.15. The number of nitrogens with zero attached hydrogens (tertiary/aromatic N) is 4. The lowest BCUT2D eigenvalue weighted by molar-refractivity contribution is 0.0156. The molecule has 0 aromatic carbocycles. The number of aryl methyl sites for hydroxylation is 1. The Morgan fingerprint density at radius 1 is 1.18 bits per heavy atom. The Morgan fingerprint density at radius 3 is 2.54 bits per heavy atom. The summed E-state index contributed by atoms with van der Waals surface area (Å²) in [5, 5.41) is 0. The quantitative estimate of drug-likeness (QED) is 0.644. The van der Waals surface area contributed by atoms with Crippen LogP contribution in [0.1, 0.15) is 30.5 Å². The summed E-state index contributed by atoms with van der Waals surface area (Å²) in [4.78, 5) is 9.35. The zero-order valence-corrected chi connectivity index (χ0v) is 18.2. The van der Waals surface area contributed by atoms with Crippen LogP contribution in [0.5, 0.6) is 0 Å². The molecule has 1 aromatic heterocycles. The third-order valence-electron chi connectivity index (χ3n) is 5.87. The van der Waals surface area contributed by atoms with Gasteiger partial charge in [0.15, 0.2) is 0 Å². The molecule has 3 heterocycles. The van der Waals surface area contributed by atoms with Crippen LogP contribution in [0.4, 0.5) is 0 Å². The monoisotopic (exact) mass is 410 g/mol. The smallest absolute Gasteiger partial charge is 0.211 e. The van der Waals surface area contributed by atoms with Crippen molar-refractivity contribution < 1.29 is 13.2 Å². The summed E-state index contributed by atoms with van der Waals surface area (Å²) in [5.41, 5.74) is 2.25. The molecule has 2 aliphatic rings. The molecule has 1 unspecified atom stereocenters. The largest absolute Gasteiger partial charge is 0.381 e. The van der Waals surface area contributed by atoms with Gasteiger partial charge < -0.3 is 4.74 Å². The highest BCUT2D eigenvalue weighted by atomic mass is 32.2. The molecule has 158 valence electrons. The summed E-state index contributed by atoms with van der Waals surface area (Å²) in [6, 6.07) is 4.96. The van der Waals surface area contributed by atoms with E-state index in [1.807, 2.05) is 13.1 Å². The summed E-state index contributed by atoms with van der Waals surface area (Å²) >= 11 is 0. The Bertz CT molecular complexity index is 719. The van der Waals surface area contributed by atoms with Crippen LogP contribution in [0.3, 0.4) is 0 Å². The van der Waals surface area contributed by atoms with Gasteiger partial charge >= 0.3 is 0 Å². The SMILES string of the molecule is Cc1ccc(CN(C)CCN(C2CCOCC2)C2CCN(S(C)(=O)=O)C2)nc1. The topological polar surface area (TPSA) is 66.0 Å². The fourth-order valence-corrected chi connectivity index (χ4v) is 5.08. The highest BCUT2D eigenvalue weighted by Crippen LogP contribution is 2.24. The second-order valence-electron chi connectivity index (χ2n) is 8.21. The Labute approximate surface area is 169 Å². The maximum absolute atomic E-state index is 11.9. The van der Waals surface area contributed by atoms with Crippen molar-refractivity contribution in [3.05, 3.63) is 29.6 Å². The second kappa shape index (κ2) is 9.63. The lowest BCUT2D eigenvalue weighted by Gasteiger charge is -2.39. The van der Waals surface area contributed by atoms with E-state index in [-0.39, 0.29) is 0 Å². The summed E-state index contributed by atoms with van der Waals surface area (Å²) in [5.74, 6) is 0. The van der Waals surface area contributed by atoms with Gasteiger partial charge in [-0.25, -0.2) is 12.7 Å². The van der Waals surface area contributed by atoms with Crippen molar-refractivity contribution in [1.82, 2.24) is 19.1 Å². The van der Waals surface area contributed by atoms with E-state index in [0.29, 0.717) is 25.2 Å². The first-order valence-electron chi connectivity index (χ1n) is 10.2. The third kappa shape index (κ3) is 5.97. The molecule has 1 aromatic rings. The summed E-state index contributed by atoms with van der Waals surface area (Å²) in [6.45, 7) is 7.58. The highest BCUT2D eigenvalue weighted by Gasteiger charge is 2.35. The van der Waals surface area contributed by atoms with Gasteiger partial charge in [-0.1, -0.05) is 6.07 Å². The number of likely N-dealkylation sites (N-methyl/N-ethyl adjacent to an activating group) is 1. The van der Waals surface area contributed by atoms with Gasteiger partial charge in [-0.2, -0.15) is 0 Å². The molecule has 8 heteroatoms. The number of ether oxygens (including phenoxy) is 1. The van der Waals surface area contributed by atoms with E-state index in [9.17, 15) is 8.42 Å². The highest BCUT2D eigenvalue weighted by molar-refractivity contribution is 7.88. The van der Waals surface area contributed by atoms with E-state index < -0.39 is 10.0 Å². The predicted octanol–water partition coefficient (Wildman–Crippen LogP) is 1.34. The molecular weight excluding hydrogens is 376 g/mol. The summed E-state index contributed by atoms with van der Waals surface area (Å²) in [6.07, 6.45) is 6.19. The van der Waals surface area contributed by atoms with Crippen LogP contribution in [0, 0.1) is 6.92 Å². The summed E-state index contributed by atoms with van der Waals surface area (Å²) < 4.78 is 31.1. The lowest BCUT2D eigenvalue weighted by Crippen LogP contribution is -2.49. The summed E-state index contributed by atoms with van der Waals surface area (Å²) in [7, 11) is -0.986. The van der Waals surface area contributed by atoms with E-state index in [2.05, 4.69) is 34.0 Å². The van der Waals surface area contributed by atoms with Crippen molar-refractivity contribution in [2.75, 3.05) is 52.7 Å². The molecule has 0 saturated carbocycles. The van der Waals surface area contributed by atoms with Gasteiger partial charge in [0.1, 0.15) is 0 Å². The molecular formula is C20H34N4O3S. The van der Waals surface area contributed by atoms with Crippen LogP contribution in [0.25, 0.3) is 0 Å². The van der Waals surface area contributed by atoms with Crippen molar-refractivity contribution in [2.45, 2.75) is 44.8 Å². The van der Waals surface area contributed by atoms with Crippen LogP contribution >= 0.6 is 0 Å². The van der Waals surface area contributed by atoms with Gasteiger partial charge in [0, 0.05) is 64.2 Å². The molecule has 0 aliphatic carbocycles. The maximum atomic E-state index is 11.9. The van der Waals surface area contributed by atoms with Gasteiger partial charge in [-0.05, 0) is 44.9 Å². The zero-order valence-electron chi connectivity index (χ0n) is 17.4. The minimum atomic E-state index is -3.11. The Morgan fingerprint density at radius 2 is 1.93 bits per heavy atom. The van der Waals surface area contributed by atoms with E-state index in [1.54, 1.807) is 4.31 Å². The number of sulfonamides is 1. The Hall–Kier alpha value is -1.06. The zero-order chi connectivity index (χ0) is 20.1. The van der Waals surface area contributed by atoms with Crippen molar-refractivity contribution in [2.24, 2.45) is 0 Å². The predicted molar refractivity (Wildman–Crippen MR) is 111 cm³/mol. The third-order valence-corrected chi connectivity index (χ3v) is 7.14. The minimum Gasteiger partial charge on any atom is -0.381 e. The standard InChI is InChI=1S/C20H34N4O3S/c1-17-4-5-18(21-14-17)15-22(2)10-11-24(19-7-12-27-13-8-19)20-6-9-23(16-20)28(3,25)26/h4-5,14,19-20H,6-13,15-16H2,1-3H3. The van der Waals surface area contributed by atoms with Crippen molar-refractivity contribution in [3.63, 3.8) is 0 Å². The molecule has 2 fully saturated rings. The van der Waals surface area contributed by atoms with Crippen LogP contribution < -0.4 is 0 Å². The normalized spacial score (nSPS) is 22.4. The fourth-order valence-electron chi connectivity index (χ4n) is 4.20. The van der Waals surface area contributed by atoms with Crippen molar-refractivity contribution >= 4 is 10.0 Å². The first-order valence-corrected chi connectivity index (χ1v) is 12.1. The molecule has 0 radical (unpaired) electrons. The molecule has 3 rings (SSSR count). The van der Waals surface area contributed by atoms with Crippen molar-refractivity contribution in [3.8, 4) is 0 Å². The molecule has 0 bridgehead atoms. The molecule has 0 spiro atoms. The van der Waals surface area contributed by atoms with Gasteiger partial charge in [0.05, 0.1) is 11.9 Å². The maximum Gasteiger partial charge on any atom is 0.211 e. The fraction of sp³-hybridized carbons (Fsp3) is 0.750. The molecule has 28 heavy (non-hydrogen) atoms. The van der Waals surface area contributed by atoms with Gasteiger partial charge in [0.25, 0.3) is 0 Å². The Kier molecular flexibility index (Phi) is 7.44. The first-order chi connectivity index (χ1) is 13.3. The van der Waals surface area contributed by atoms with Gasteiger partial charge in [0.2, 0.25) is 10.0 Å². The molecule has 2 aliphatic heterocycles. The Balaban J connectivity index is 1.60.